The van der Waals surface area contributed by atoms with E-state index in [0.29, 0.717) is 19.3 Å². The van der Waals surface area contributed by atoms with Crippen molar-refractivity contribution in [2.45, 2.75) is 38.1 Å². The number of nitrogens with two attached hydrogens (primary N) is 1. The predicted octanol–water partition coefficient (Wildman–Crippen LogP) is 0.788. The molecule has 0 aromatic heterocycles. The standard InChI is InChI=1S/C19H30N4O3/c1-14(22-12-11-21-2)5-3-4-6-18(25)23-17(19(20)26)13-15-7-9-16(24)10-8-15/h7-10,17,21-22,24H,1,3-6,11-13H2,2H3,(H2,20,26)(H,23,25). The second kappa shape index (κ2) is 11.9. The lowest BCUT2D eigenvalue weighted by Gasteiger charge is -2.16. The number of benzene rings is 1. The van der Waals surface area contributed by atoms with Crippen molar-refractivity contribution >= 4 is 11.8 Å². The largest absolute Gasteiger partial charge is 0.508 e. The van der Waals surface area contributed by atoms with Gasteiger partial charge in [0.2, 0.25) is 11.8 Å². The Kier molecular flexibility index (Phi) is 9.86. The molecule has 1 atom stereocenters. The van der Waals surface area contributed by atoms with Gasteiger partial charge in [0.15, 0.2) is 0 Å². The maximum Gasteiger partial charge on any atom is 0.240 e. The molecule has 1 aromatic rings. The van der Waals surface area contributed by atoms with Crippen molar-refractivity contribution in [2.75, 3.05) is 20.1 Å². The molecule has 6 N–H and O–H groups in total. The first kappa shape index (κ1) is 21.5. The van der Waals surface area contributed by atoms with Crippen molar-refractivity contribution in [1.29, 1.82) is 0 Å². The molecule has 26 heavy (non-hydrogen) atoms. The van der Waals surface area contributed by atoms with Gasteiger partial charge >= 0.3 is 0 Å². The first-order valence-electron chi connectivity index (χ1n) is 8.85. The number of nitrogens with one attached hydrogen (secondary N) is 3. The molecule has 144 valence electrons. The van der Waals surface area contributed by atoms with Crippen molar-refractivity contribution < 1.29 is 14.7 Å². The molecular weight excluding hydrogens is 332 g/mol. The topological polar surface area (TPSA) is 116 Å². The van der Waals surface area contributed by atoms with Gasteiger partial charge in [-0.25, -0.2) is 0 Å². The summed E-state index contributed by atoms with van der Waals surface area (Å²) in [6.45, 7) is 5.65. The molecular formula is C19H30N4O3. The molecule has 0 aliphatic carbocycles. The van der Waals surface area contributed by atoms with E-state index in [1.165, 1.54) is 12.1 Å². The Morgan fingerprint density at radius 2 is 1.81 bits per heavy atom. The van der Waals surface area contributed by atoms with E-state index in [4.69, 9.17) is 5.73 Å². The molecule has 0 aliphatic rings. The normalized spacial score (nSPS) is 11.6. The quantitative estimate of drug-likeness (QED) is 0.333. The minimum absolute atomic E-state index is 0.149. The van der Waals surface area contributed by atoms with Crippen LogP contribution in [0.25, 0.3) is 0 Å². The zero-order valence-electron chi connectivity index (χ0n) is 15.4. The van der Waals surface area contributed by atoms with E-state index in [-0.39, 0.29) is 11.7 Å². The maximum absolute atomic E-state index is 12.1. The molecule has 1 rings (SSSR count). The number of likely N-dealkylation sites (N-methyl/N-ethyl adjacent to an activating group) is 1. The fraction of sp³-hybridized carbons (Fsp3) is 0.474. The summed E-state index contributed by atoms with van der Waals surface area (Å²) in [7, 11) is 1.89. The maximum atomic E-state index is 12.1. The van der Waals surface area contributed by atoms with E-state index in [2.05, 4.69) is 22.5 Å². The van der Waals surface area contributed by atoms with E-state index < -0.39 is 11.9 Å². The minimum Gasteiger partial charge on any atom is -0.508 e. The van der Waals surface area contributed by atoms with Crippen molar-refractivity contribution in [1.82, 2.24) is 16.0 Å². The molecule has 0 spiro atoms. The summed E-state index contributed by atoms with van der Waals surface area (Å²) >= 11 is 0. The predicted molar refractivity (Wildman–Crippen MR) is 102 cm³/mol. The lowest BCUT2D eigenvalue weighted by Crippen LogP contribution is -2.45. The Morgan fingerprint density at radius 1 is 1.15 bits per heavy atom. The number of primary amides is 1. The van der Waals surface area contributed by atoms with Gasteiger partial charge in [0.1, 0.15) is 11.8 Å². The summed E-state index contributed by atoms with van der Waals surface area (Å²) in [6, 6.07) is 5.71. The molecule has 7 heteroatoms. The number of aromatic hydroxyl groups is 1. The zero-order valence-corrected chi connectivity index (χ0v) is 15.4. The van der Waals surface area contributed by atoms with Crippen LogP contribution < -0.4 is 21.7 Å². The molecule has 1 aromatic carbocycles. The summed E-state index contributed by atoms with van der Waals surface area (Å²) in [6.07, 6.45) is 3.00. The van der Waals surface area contributed by atoms with Gasteiger partial charge in [0, 0.05) is 31.6 Å². The van der Waals surface area contributed by atoms with Crippen molar-refractivity contribution in [3.8, 4) is 5.75 Å². The Labute approximate surface area is 155 Å². The Morgan fingerprint density at radius 3 is 2.42 bits per heavy atom. The van der Waals surface area contributed by atoms with Gasteiger partial charge in [0.05, 0.1) is 0 Å². The van der Waals surface area contributed by atoms with Crippen LogP contribution in [0.3, 0.4) is 0 Å². The summed E-state index contributed by atoms with van der Waals surface area (Å²) < 4.78 is 0. The zero-order chi connectivity index (χ0) is 19.4. The number of amides is 2. The first-order valence-corrected chi connectivity index (χ1v) is 8.85. The third-order valence-corrected chi connectivity index (χ3v) is 3.94. The number of phenolic OH excluding ortho intramolecular Hbond substituents is 1. The number of carbonyl (C=O) groups is 2. The minimum atomic E-state index is -0.759. The van der Waals surface area contributed by atoms with Gasteiger partial charge in [-0.15, -0.1) is 0 Å². The molecule has 1 unspecified atom stereocenters. The van der Waals surface area contributed by atoms with E-state index in [1.54, 1.807) is 12.1 Å². The van der Waals surface area contributed by atoms with Crippen LogP contribution in [0.15, 0.2) is 36.5 Å². The van der Waals surface area contributed by atoms with Gasteiger partial charge in [-0.2, -0.15) is 0 Å². The number of allylic oxidation sites excluding steroid dienone is 1. The average Bonchev–Trinajstić information content (AvgIpc) is 2.60. The number of unbranched alkanes of at least 4 members (excludes halogenated alkanes) is 1. The lowest BCUT2D eigenvalue weighted by atomic mass is 10.0. The smallest absolute Gasteiger partial charge is 0.240 e. The molecule has 7 nitrogen and oxygen atoms in total. The Balaban J connectivity index is 2.31. The van der Waals surface area contributed by atoms with Gasteiger partial charge in [-0.3, -0.25) is 9.59 Å². The first-order chi connectivity index (χ1) is 12.4. The molecule has 0 heterocycles. The van der Waals surface area contributed by atoms with Gasteiger partial charge in [-0.05, 0) is 44.0 Å². The number of carbonyl (C=O) groups excluding carboxylic acids is 2. The highest BCUT2D eigenvalue weighted by Gasteiger charge is 2.18. The van der Waals surface area contributed by atoms with Crippen LogP contribution in [0.4, 0.5) is 0 Å². The fourth-order valence-corrected chi connectivity index (χ4v) is 2.43. The molecule has 0 saturated carbocycles. The monoisotopic (exact) mass is 362 g/mol. The highest BCUT2D eigenvalue weighted by Crippen LogP contribution is 2.11. The van der Waals surface area contributed by atoms with E-state index in [0.717, 1.165) is 37.2 Å². The summed E-state index contributed by atoms with van der Waals surface area (Å²) in [5.41, 5.74) is 7.16. The molecule has 0 fully saturated rings. The molecule has 0 saturated heterocycles. The summed E-state index contributed by atoms with van der Waals surface area (Å²) in [5.74, 6) is -0.620. The highest BCUT2D eigenvalue weighted by molar-refractivity contribution is 5.86. The van der Waals surface area contributed by atoms with Gasteiger partial charge < -0.3 is 26.8 Å². The molecule has 2 amide bonds. The van der Waals surface area contributed by atoms with Gasteiger partial charge in [-0.1, -0.05) is 18.7 Å². The third-order valence-electron chi connectivity index (χ3n) is 3.94. The highest BCUT2D eigenvalue weighted by atomic mass is 16.3. The summed E-state index contributed by atoms with van der Waals surface area (Å²) in [4.78, 5) is 23.6. The van der Waals surface area contributed by atoms with Crippen molar-refractivity contribution in [2.24, 2.45) is 5.73 Å². The summed E-state index contributed by atoms with van der Waals surface area (Å²) in [5, 5.41) is 18.2. The lowest BCUT2D eigenvalue weighted by molar-refractivity contribution is -0.127. The van der Waals surface area contributed by atoms with Crippen LogP contribution >= 0.6 is 0 Å². The van der Waals surface area contributed by atoms with Gasteiger partial charge in [0.25, 0.3) is 0 Å². The Bertz CT molecular complexity index is 587. The van der Waals surface area contributed by atoms with E-state index in [9.17, 15) is 14.7 Å². The SMILES string of the molecule is C=C(CCCCC(=O)NC(Cc1ccc(O)cc1)C(N)=O)NCCNC. The molecule has 0 bridgehead atoms. The number of hydrogen-bond donors (Lipinski definition) is 5. The molecule has 0 aliphatic heterocycles. The van der Waals surface area contributed by atoms with Crippen LogP contribution in [0.1, 0.15) is 31.2 Å². The number of rotatable bonds is 13. The third kappa shape index (κ3) is 9.08. The van der Waals surface area contributed by atoms with E-state index >= 15 is 0 Å². The van der Waals surface area contributed by atoms with Crippen molar-refractivity contribution in [3.05, 3.63) is 42.1 Å². The fourth-order valence-electron chi connectivity index (χ4n) is 2.43. The van der Waals surface area contributed by atoms with Crippen LogP contribution in [-0.2, 0) is 16.0 Å². The average molecular weight is 362 g/mol. The van der Waals surface area contributed by atoms with Crippen LogP contribution in [0, 0.1) is 0 Å². The van der Waals surface area contributed by atoms with Crippen LogP contribution in [-0.4, -0.2) is 43.1 Å². The Hall–Kier alpha value is -2.54. The number of phenols is 1. The number of hydrogen-bond acceptors (Lipinski definition) is 5. The van der Waals surface area contributed by atoms with E-state index in [1.807, 2.05) is 7.05 Å². The molecule has 0 radical (unpaired) electrons. The van der Waals surface area contributed by atoms with Crippen LogP contribution in [0.5, 0.6) is 5.75 Å². The second-order valence-electron chi connectivity index (χ2n) is 6.23. The van der Waals surface area contributed by atoms with Crippen molar-refractivity contribution in [3.63, 3.8) is 0 Å². The second-order valence-corrected chi connectivity index (χ2v) is 6.23. The van der Waals surface area contributed by atoms with Crippen LogP contribution in [0.2, 0.25) is 0 Å².